The van der Waals surface area contributed by atoms with Gasteiger partial charge in [-0.3, -0.25) is 4.79 Å². The van der Waals surface area contributed by atoms with Crippen LogP contribution in [-0.4, -0.2) is 44.1 Å². The van der Waals surface area contributed by atoms with Gasteiger partial charge in [0.25, 0.3) is 5.91 Å². The van der Waals surface area contributed by atoms with Crippen molar-refractivity contribution in [2.75, 3.05) is 27.4 Å². The topological polar surface area (TPSA) is 65.1 Å². The lowest BCUT2D eigenvalue weighted by Crippen LogP contribution is -2.31. The Kier molecular flexibility index (Phi) is 5.76. The molecule has 2 aromatic carbocycles. The Morgan fingerprint density at radius 2 is 1.85 bits per heavy atom. The Bertz CT molecular complexity index is 874. The third-order valence-corrected chi connectivity index (χ3v) is 4.25. The average molecular weight is 367 g/mol. The lowest BCUT2D eigenvalue weighted by Gasteiger charge is -2.20. The molecule has 2 aromatic rings. The molecule has 0 aliphatic carbocycles. The summed E-state index contributed by atoms with van der Waals surface area (Å²) in [7, 11) is 3.24. The molecule has 0 spiro atoms. The summed E-state index contributed by atoms with van der Waals surface area (Å²) in [5.74, 6) is 0.578. The van der Waals surface area contributed by atoms with Gasteiger partial charge in [0.15, 0.2) is 6.61 Å². The maximum absolute atomic E-state index is 12.3. The van der Waals surface area contributed by atoms with Crippen molar-refractivity contribution in [2.24, 2.45) is 0 Å². The van der Waals surface area contributed by atoms with E-state index in [1.54, 1.807) is 20.2 Å². The molecule has 27 heavy (non-hydrogen) atoms. The summed E-state index contributed by atoms with van der Waals surface area (Å²) in [5, 5.41) is 0. The molecule has 0 N–H and O–H groups in total. The maximum Gasteiger partial charge on any atom is 0.338 e. The zero-order valence-corrected chi connectivity index (χ0v) is 15.3. The predicted molar refractivity (Wildman–Crippen MR) is 100 cm³/mol. The fourth-order valence-corrected chi connectivity index (χ4v) is 2.74. The second-order valence-electron chi connectivity index (χ2n) is 6.13. The van der Waals surface area contributed by atoms with Gasteiger partial charge in [0.2, 0.25) is 0 Å². The molecule has 0 aromatic heterocycles. The van der Waals surface area contributed by atoms with Gasteiger partial charge in [-0.15, -0.1) is 0 Å². The number of fused-ring (bicyclic) bond motifs is 1. The molecule has 0 saturated heterocycles. The molecule has 0 saturated carbocycles. The van der Waals surface area contributed by atoms with Crippen molar-refractivity contribution in [1.29, 1.82) is 0 Å². The number of ether oxygens (including phenoxy) is 3. The van der Waals surface area contributed by atoms with Crippen LogP contribution in [0.4, 0.5) is 0 Å². The highest BCUT2D eigenvalue weighted by Crippen LogP contribution is 2.26. The van der Waals surface area contributed by atoms with Crippen molar-refractivity contribution in [3.8, 4) is 11.5 Å². The van der Waals surface area contributed by atoms with Crippen molar-refractivity contribution in [2.45, 2.75) is 6.54 Å². The number of nitrogens with zero attached hydrogens (tertiary/aromatic N) is 1. The SMILES string of the molecule is COc1ccccc1CN(C)C(=O)COC(=O)C1=Cc2ccccc2OC1. The first kappa shape index (κ1) is 18.5. The molecule has 0 unspecified atom stereocenters. The molecular weight excluding hydrogens is 346 g/mol. The normalized spacial score (nSPS) is 12.3. The average Bonchev–Trinajstić information content (AvgIpc) is 2.71. The van der Waals surface area contributed by atoms with Gasteiger partial charge >= 0.3 is 5.97 Å². The van der Waals surface area contributed by atoms with Crippen molar-refractivity contribution < 1.29 is 23.8 Å². The first-order valence-electron chi connectivity index (χ1n) is 8.54. The second-order valence-corrected chi connectivity index (χ2v) is 6.13. The van der Waals surface area contributed by atoms with Gasteiger partial charge in [-0.05, 0) is 18.2 Å². The van der Waals surface area contributed by atoms with Crippen LogP contribution in [0.25, 0.3) is 6.08 Å². The lowest BCUT2D eigenvalue weighted by molar-refractivity contribution is -0.148. The zero-order chi connectivity index (χ0) is 19.2. The largest absolute Gasteiger partial charge is 0.496 e. The van der Waals surface area contributed by atoms with Gasteiger partial charge < -0.3 is 19.1 Å². The number of esters is 1. The minimum absolute atomic E-state index is 0.126. The Morgan fingerprint density at radius 3 is 2.67 bits per heavy atom. The highest BCUT2D eigenvalue weighted by molar-refractivity contribution is 5.96. The number of amides is 1. The summed E-state index contributed by atoms with van der Waals surface area (Å²) in [4.78, 5) is 26.0. The molecule has 1 amide bonds. The number of carbonyl (C=O) groups is 2. The number of carbonyl (C=O) groups excluding carboxylic acids is 2. The molecular formula is C21H21NO5. The molecule has 6 heteroatoms. The third kappa shape index (κ3) is 4.47. The van der Waals surface area contributed by atoms with Crippen LogP contribution in [0, 0.1) is 0 Å². The van der Waals surface area contributed by atoms with E-state index < -0.39 is 5.97 Å². The summed E-state index contributed by atoms with van der Waals surface area (Å²) in [6, 6.07) is 14.9. The van der Waals surface area contributed by atoms with Crippen LogP contribution in [-0.2, 0) is 20.9 Å². The maximum atomic E-state index is 12.3. The molecule has 1 heterocycles. The molecule has 1 aliphatic rings. The Labute approximate surface area is 158 Å². The minimum atomic E-state index is -0.552. The fraction of sp³-hybridized carbons (Fsp3) is 0.238. The first-order chi connectivity index (χ1) is 13.1. The van der Waals surface area contributed by atoms with Crippen LogP contribution < -0.4 is 9.47 Å². The Balaban J connectivity index is 1.56. The van der Waals surface area contributed by atoms with E-state index in [1.807, 2.05) is 48.5 Å². The first-order valence-corrected chi connectivity index (χ1v) is 8.54. The van der Waals surface area contributed by atoms with E-state index in [-0.39, 0.29) is 19.1 Å². The molecule has 1 aliphatic heterocycles. The van der Waals surface area contributed by atoms with Crippen LogP contribution in [0.2, 0.25) is 0 Å². The molecule has 140 valence electrons. The molecule has 0 fully saturated rings. The number of rotatable bonds is 6. The Hall–Kier alpha value is -3.28. The molecule has 6 nitrogen and oxygen atoms in total. The van der Waals surface area contributed by atoms with Crippen LogP contribution in [0.3, 0.4) is 0 Å². The van der Waals surface area contributed by atoms with Crippen molar-refractivity contribution in [3.05, 3.63) is 65.2 Å². The number of hydrogen-bond acceptors (Lipinski definition) is 5. The van der Waals surface area contributed by atoms with E-state index in [0.29, 0.717) is 17.9 Å². The highest BCUT2D eigenvalue weighted by atomic mass is 16.5. The number of para-hydroxylation sites is 2. The van der Waals surface area contributed by atoms with Crippen LogP contribution in [0.15, 0.2) is 54.1 Å². The van der Waals surface area contributed by atoms with Gasteiger partial charge in [0.05, 0.1) is 12.7 Å². The fourth-order valence-electron chi connectivity index (χ4n) is 2.74. The quantitative estimate of drug-likeness (QED) is 0.735. The van der Waals surface area contributed by atoms with E-state index in [0.717, 1.165) is 16.9 Å². The molecule has 3 rings (SSSR count). The van der Waals surface area contributed by atoms with E-state index in [2.05, 4.69) is 0 Å². The summed E-state index contributed by atoms with van der Waals surface area (Å²) < 4.78 is 16.0. The minimum Gasteiger partial charge on any atom is -0.496 e. The van der Waals surface area contributed by atoms with Gasteiger partial charge in [-0.25, -0.2) is 4.79 Å². The van der Waals surface area contributed by atoms with E-state index in [9.17, 15) is 9.59 Å². The van der Waals surface area contributed by atoms with Crippen molar-refractivity contribution >= 4 is 18.0 Å². The smallest absolute Gasteiger partial charge is 0.338 e. The second kappa shape index (κ2) is 8.40. The van der Waals surface area contributed by atoms with Gasteiger partial charge in [-0.1, -0.05) is 36.4 Å². The number of benzene rings is 2. The summed E-state index contributed by atoms with van der Waals surface area (Å²) >= 11 is 0. The monoisotopic (exact) mass is 367 g/mol. The van der Waals surface area contributed by atoms with Crippen LogP contribution in [0.5, 0.6) is 11.5 Å². The van der Waals surface area contributed by atoms with E-state index >= 15 is 0 Å². The van der Waals surface area contributed by atoms with Gasteiger partial charge in [-0.2, -0.15) is 0 Å². The van der Waals surface area contributed by atoms with Gasteiger partial charge in [0, 0.05) is 24.7 Å². The van der Waals surface area contributed by atoms with E-state index in [1.165, 1.54) is 4.90 Å². The number of hydrogen-bond donors (Lipinski definition) is 0. The lowest BCUT2D eigenvalue weighted by atomic mass is 10.1. The third-order valence-electron chi connectivity index (χ3n) is 4.25. The Morgan fingerprint density at radius 1 is 1.11 bits per heavy atom. The highest BCUT2D eigenvalue weighted by Gasteiger charge is 2.20. The number of methoxy groups -OCH3 is 1. The van der Waals surface area contributed by atoms with Gasteiger partial charge in [0.1, 0.15) is 18.1 Å². The summed E-state index contributed by atoms with van der Waals surface area (Å²) in [6.07, 6.45) is 1.73. The molecule has 0 radical (unpaired) electrons. The standard InChI is InChI=1S/C21H21NO5/c1-22(12-16-8-4-5-9-18(16)25-2)20(23)14-27-21(24)17-11-15-7-3-6-10-19(15)26-13-17/h3-11H,12-14H2,1-2H3. The van der Waals surface area contributed by atoms with Crippen LogP contribution in [0.1, 0.15) is 11.1 Å². The number of likely N-dealkylation sites (N-methyl/N-ethyl adjacent to an activating group) is 1. The van der Waals surface area contributed by atoms with Crippen molar-refractivity contribution in [3.63, 3.8) is 0 Å². The van der Waals surface area contributed by atoms with Crippen molar-refractivity contribution in [1.82, 2.24) is 4.90 Å². The van der Waals surface area contributed by atoms with E-state index in [4.69, 9.17) is 14.2 Å². The molecule has 0 bridgehead atoms. The van der Waals surface area contributed by atoms with Crippen LogP contribution >= 0.6 is 0 Å². The summed E-state index contributed by atoms with van der Waals surface area (Å²) in [5.41, 5.74) is 2.08. The molecule has 0 atom stereocenters. The zero-order valence-electron chi connectivity index (χ0n) is 15.3. The summed E-state index contributed by atoms with van der Waals surface area (Å²) in [6.45, 7) is 0.157. The predicted octanol–water partition coefficient (Wildman–Crippen LogP) is 2.67.